The van der Waals surface area contributed by atoms with Crippen molar-refractivity contribution in [2.75, 3.05) is 11.8 Å². The molecule has 2 rings (SSSR count). The second kappa shape index (κ2) is 6.36. The Balaban J connectivity index is 2.16. The minimum Gasteiger partial charge on any atom is -0.429 e. The van der Waals surface area contributed by atoms with Crippen molar-refractivity contribution >= 4 is 13.2 Å². The van der Waals surface area contributed by atoms with Gasteiger partial charge in [0.1, 0.15) is 5.75 Å². The van der Waals surface area contributed by atoms with Crippen molar-refractivity contribution in [2.45, 2.75) is 27.2 Å². The summed E-state index contributed by atoms with van der Waals surface area (Å²) in [5.74, 6) is 0.622. The number of para-hydroxylation sites is 1. The first-order valence-electron chi connectivity index (χ1n) is 7.12. The van der Waals surface area contributed by atoms with E-state index in [1.807, 2.05) is 56.3 Å². The van der Waals surface area contributed by atoms with Crippen LogP contribution in [0.3, 0.4) is 0 Å². The summed E-state index contributed by atoms with van der Waals surface area (Å²) in [4.78, 5) is 0. The van der Waals surface area contributed by atoms with Gasteiger partial charge in [-0.2, -0.15) is 0 Å². The van der Waals surface area contributed by atoms with Crippen LogP contribution >= 0.6 is 7.52 Å². The molecule has 0 aliphatic rings. The maximum atomic E-state index is 12.7. The first-order chi connectivity index (χ1) is 9.91. The molecular formula is C17H22NO2P. The molecule has 0 fully saturated rings. The van der Waals surface area contributed by atoms with Crippen LogP contribution in [0.2, 0.25) is 0 Å². The molecule has 4 heteroatoms. The third kappa shape index (κ3) is 4.12. The largest absolute Gasteiger partial charge is 0.429 e. The Hall–Kier alpha value is -1.73. The summed E-state index contributed by atoms with van der Waals surface area (Å²) in [6.45, 7) is 7.69. The zero-order valence-electron chi connectivity index (χ0n) is 13.0. The van der Waals surface area contributed by atoms with Crippen molar-refractivity contribution in [3.63, 3.8) is 0 Å². The molecule has 21 heavy (non-hydrogen) atoms. The van der Waals surface area contributed by atoms with E-state index in [1.165, 1.54) is 5.56 Å². The highest BCUT2D eigenvalue weighted by Crippen LogP contribution is 2.44. The summed E-state index contributed by atoms with van der Waals surface area (Å²) in [6, 6.07) is 13.7. The molecule has 0 saturated carbocycles. The van der Waals surface area contributed by atoms with Gasteiger partial charge in [-0.1, -0.05) is 37.3 Å². The Morgan fingerprint density at radius 2 is 1.62 bits per heavy atom. The number of rotatable bonds is 5. The third-order valence-corrected chi connectivity index (χ3v) is 4.60. The standard InChI is InChI=1S/C17H22NO2P/c1-5-15-9-11-16(12-10-15)20-21(4,19)18-17-13(2)7-6-8-14(17)3/h6-12H,5H2,1-4H3,(H,18,19). The minimum absolute atomic E-state index is 0.622. The number of hydrogen-bond acceptors (Lipinski definition) is 2. The van der Waals surface area contributed by atoms with Gasteiger partial charge in [0.2, 0.25) is 0 Å². The van der Waals surface area contributed by atoms with Crippen LogP contribution in [0.15, 0.2) is 42.5 Å². The van der Waals surface area contributed by atoms with Crippen LogP contribution < -0.4 is 9.61 Å². The molecule has 1 N–H and O–H groups in total. The molecule has 0 amide bonds. The minimum atomic E-state index is -2.96. The van der Waals surface area contributed by atoms with Crippen molar-refractivity contribution in [3.8, 4) is 5.75 Å². The highest BCUT2D eigenvalue weighted by Gasteiger charge is 2.19. The van der Waals surface area contributed by atoms with E-state index >= 15 is 0 Å². The first kappa shape index (κ1) is 15.7. The lowest BCUT2D eigenvalue weighted by molar-refractivity contribution is 0.493. The van der Waals surface area contributed by atoms with Gasteiger partial charge in [-0.3, -0.25) is 4.57 Å². The third-order valence-electron chi connectivity index (χ3n) is 3.41. The van der Waals surface area contributed by atoms with Crippen LogP contribution in [-0.2, 0) is 11.0 Å². The SMILES string of the molecule is CCc1ccc(OP(C)(=O)Nc2c(C)cccc2C)cc1. The van der Waals surface area contributed by atoms with Gasteiger partial charge in [0.25, 0.3) is 0 Å². The van der Waals surface area contributed by atoms with Crippen LogP contribution in [0.25, 0.3) is 0 Å². The van der Waals surface area contributed by atoms with Crippen molar-refractivity contribution in [1.82, 2.24) is 0 Å². The van der Waals surface area contributed by atoms with E-state index in [1.54, 1.807) is 6.66 Å². The van der Waals surface area contributed by atoms with Gasteiger partial charge >= 0.3 is 7.52 Å². The lowest BCUT2D eigenvalue weighted by atomic mass is 10.1. The van der Waals surface area contributed by atoms with E-state index in [9.17, 15) is 4.57 Å². The Morgan fingerprint density at radius 1 is 1.05 bits per heavy atom. The summed E-state index contributed by atoms with van der Waals surface area (Å²) < 4.78 is 18.3. The van der Waals surface area contributed by atoms with Crippen molar-refractivity contribution in [2.24, 2.45) is 0 Å². The van der Waals surface area contributed by atoms with E-state index in [4.69, 9.17) is 4.52 Å². The van der Waals surface area contributed by atoms with E-state index in [0.717, 1.165) is 23.2 Å². The summed E-state index contributed by atoms with van der Waals surface area (Å²) in [5.41, 5.74) is 4.23. The Kier molecular flexibility index (Phi) is 4.74. The quantitative estimate of drug-likeness (QED) is 0.773. The number of anilines is 1. The van der Waals surface area contributed by atoms with Crippen LogP contribution in [0, 0.1) is 13.8 Å². The molecular weight excluding hydrogens is 281 g/mol. The van der Waals surface area contributed by atoms with Gasteiger partial charge < -0.3 is 9.61 Å². The van der Waals surface area contributed by atoms with Gasteiger partial charge in [-0.25, -0.2) is 0 Å². The van der Waals surface area contributed by atoms with Gasteiger partial charge in [-0.15, -0.1) is 0 Å². The maximum absolute atomic E-state index is 12.7. The fraction of sp³-hybridized carbons (Fsp3) is 0.294. The molecule has 0 bridgehead atoms. The Labute approximate surface area is 126 Å². The molecule has 0 aliphatic carbocycles. The molecule has 0 spiro atoms. The van der Waals surface area contributed by atoms with Crippen LogP contribution in [0.1, 0.15) is 23.6 Å². The second-order valence-electron chi connectivity index (χ2n) is 5.31. The number of hydrogen-bond donors (Lipinski definition) is 1. The Morgan fingerprint density at radius 3 is 2.14 bits per heavy atom. The lowest BCUT2D eigenvalue weighted by Gasteiger charge is -2.20. The Bertz CT molecular complexity index is 645. The van der Waals surface area contributed by atoms with Gasteiger partial charge in [0, 0.05) is 12.4 Å². The smallest absolute Gasteiger partial charge is 0.338 e. The number of benzene rings is 2. The van der Waals surface area contributed by atoms with E-state index in [0.29, 0.717) is 5.75 Å². The zero-order chi connectivity index (χ0) is 15.5. The maximum Gasteiger partial charge on any atom is 0.338 e. The molecule has 1 unspecified atom stereocenters. The molecule has 1 atom stereocenters. The predicted octanol–water partition coefficient (Wildman–Crippen LogP) is 5.18. The molecule has 0 radical (unpaired) electrons. The van der Waals surface area contributed by atoms with Gasteiger partial charge in [0.15, 0.2) is 0 Å². The van der Waals surface area contributed by atoms with Gasteiger partial charge in [-0.05, 0) is 49.1 Å². The second-order valence-corrected chi connectivity index (χ2v) is 7.41. The molecule has 2 aromatic rings. The molecule has 0 aliphatic heterocycles. The van der Waals surface area contributed by atoms with Crippen LogP contribution in [-0.4, -0.2) is 6.66 Å². The van der Waals surface area contributed by atoms with Gasteiger partial charge in [0.05, 0.1) is 0 Å². The summed E-state index contributed by atoms with van der Waals surface area (Å²) in [7, 11) is -2.96. The van der Waals surface area contributed by atoms with Crippen molar-refractivity contribution in [3.05, 3.63) is 59.2 Å². The monoisotopic (exact) mass is 303 g/mol. The number of aryl methyl sites for hydroxylation is 3. The average Bonchev–Trinajstić information content (AvgIpc) is 2.43. The normalized spacial score (nSPS) is 13.5. The fourth-order valence-corrected chi connectivity index (χ4v) is 3.53. The van der Waals surface area contributed by atoms with Crippen LogP contribution in [0.4, 0.5) is 5.69 Å². The zero-order valence-corrected chi connectivity index (χ0v) is 13.9. The molecule has 112 valence electrons. The molecule has 2 aromatic carbocycles. The summed E-state index contributed by atoms with van der Waals surface area (Å²) in [6.07, 6.45) is 0.977. The molecule has 0 saturated heterocycles. The van der Waals surface area contributed by atoms with E-state index in [-0.39, 0.29) is 0 Å². The number of nitrogens with one attached hydrogen (secondary N) is 1. The lowest BCUT2D eigenvalue weighted by Crippen LogP contribution is -2.04. The van der Waals surface area contributed by atoms with Crippen LogP contribution in [0.5, 0.6) is 5.75 Å². The molecule has 0 aromatic heterocycles. The fourth-order valence-electron chi connectivity index (χ4n) is 2.20. The van der Waals surface area contributed by atoms with E-state index < -0.39 is 7.52 Å². The summed E-state index contributed by atoms with van der Waals surface area (Å²) in [5, 5.41) is 3.07. The topological polar surface area (TPSA) is 38.3 Å². The van der Waals surface area contributed by atoms with E-state index in [2.05, 4.69) is 12.0 Å². The average molecular weight is 303 g/mol. The van der Waals surface area contributed by atoms with Crippen molar-refractivity contribution in [1.29, 1.82) is 0 Å². The summed E-state index contributed by atoms with van der Waals surface area (Å²) >= 11 is 0. The first-order valence-corrected chi connectivity index (χ1v) is 9.19. The molecule has 3 nitrogen and oxygen atoms in total. The molecule has 0 heterocycles. The highest BCUT2D eigenvalue weighted by atomic mass is 31.2. The highest BCUT2D eigenvalue weighted by molar-refractivity contribution is 7.60. The predicted molar refractivity (Wildman–Crippen MR) is 89.5 cm³/mol. The van der Waals surface area contributed by atoms with Crippen molar-refractivity contribution < 1.29 is 9.09 Å².